The fourth-order valence-corrected chi connectivity index (χ4v) is 4.16. The van der Waals surface area contributed by atoms with E-state index in [0.29, 0.717) is 23.0 Å². The molecule has 5 nitrogen and oxygen atoms in total. The van der Waals surface area contributed by atoms with Gasteiger partial charge in [-0.25, -0.2) is 4.98 Å². The first kappa shape index (κ1) is 16.8. The van der Waals surface area contributed by atoms with E-state index in [4.69, 9.17) is 4.42 Å². The van der Waals surface area contributed by atoms with Crippen LogP contribution in [0.1, 0.15) is 21.6 Å². The predicted octanol–water partition coefficient (Wildman–Crippen LogP) is 5.45. The molecule has 0 saturated carbocycles. The quantitative estimate of drug-likeness (QED) is 0.446. The number of fused-ring (bicyclic) bond motifs is 2. The minimum atomic E-state index is -0.197. The summed E-state index contributed by atoms with van der Waals surface area (Å²) >= 11 is 1.46. The van der Waals surface area contributed by atoms with Crippen LogP contribution in [-0.4, -0.2) is 15.5 Å². The number of hydrogen-bond donors (Lipinski definition) is 1. The largest absolute Gasteiger partial charge is 0.463 e. The Morgan fingerprint density at radius 2 is 1.96 bits per heavy atom. The van der Waals surface area contributed by atoms with Crippen molar-refractivity contribution < 1.29 is 9.21 Å². The van der Waals surface area contributed by atoms with Crippen molar-refractivity contribution in [2.75, 3.05) is 5.32 Å². The summed E-state index contributed by atoms with van der Waals surface area (Å²) < 4.78 is 8.55. The Hall–Kier alpha value is -3.38. The van der Waals surface area contributed by atoms with Crippen LogP contribution >= 0.6 is 11.3 Å². The lowest BCUT2D eigenvalue weighted by molar-refractivity contribution is 0.101. The van der Waals surface area contributed by atoms with Crippen LogP contribution in [0.25, 0.3) is 21.3 Å². The number of aromatic nitrogens is 2. The SMILES string of the molecule is Cc1ccc(Cn2c(C(=O)Nc3nc4ccccc4s3)cc3occc32)cc1. The van der Waals surface area contributed by atoms with Crippen molar-refractivity contribution in [3.63, 3.8) is 0 Å². The van der Waals surface area contributed by atoms with Crippen molar-refractivity contribution >= 4 is 43.7 Å². The molecule has 3 aromatic heterocycles. The number of rotatable bonds is 4. The van der Waals surface area contributed by atoms with E-state index in [0.717, 1.165) is 21.3 Å². The zero-order chi connectivity index (χ0) is 19.1. The van der Waals surface area contributed by atoms with Crippen LogP contribution in [0.2, 0.25) is 0 Å². The normalized spacial score (nSPS) is 11.3. The van der Waals surface area contributed by atoms with E-state index in [1.54, 1.807) is 12.3 Å². The molecule has 2 aromatic carbocycles. The predicted molar refractivity (Wildman–Crippen MR) is 112 cm³/mol. The Bertz CT molecular complexity index is 1260. The van der Waals surface area contributed by atoms with Gasteiger partial charge in [-0.1, -0.05) is 53.3 Å². The summed E-state index contributed by atoms with van der Waals surface area (Å²) in [5.41, 5.74) is 5.36. The van der Waals surface area contributed by atoms with E-state index >= 15 is 0 Å². The van der Waals surface area contributed by atoms with Gasteiger partial charge in [0.25, 0.3) is 5.91 Å². The molecule has 6 heteroatoms. The van der Waals surface area contributed by atoms with Crippen LogP contribution in [0.3, 0.4) is 0 Å². The highest BCUT2D eigenvalue weighted by molar-refractivity contribution is 7.22. The molecule has 0 spiro atoms. The molecule has 3 heterocycles. The van der Waals surface area contributed by atoms with Gasteiger partial charge in [-0.2, -0.15) is 0 Å². The molecule has 138 valence electrons. The fourth-order valence-electron chi connectivity index (χ4n) is 3.30. The van der Waals surface area contributed by atoms with Crippen molar-refractivity contribution in [2.24, 2.45) is 0 Å². The molecular formula is C22H17N3O2S. The molecule has 0 aliphatic rings. The summed E-state index contributed by atoms with van der Waals surface area (Å²) in [6.07, 6.45) is 1.64. The summed E-state index contributed by atoms with van der Waals surface area (Å²) in [5, 5.41) is 3.53. The average molecular weight is 387 g/mol. The Kier molecular flexibility index (Phi) is 3.98. The molecule has 5 rings (SSSR count). The molecule has 0 fully saturated rings. The molecule has 0 aliphatic carbocycles. The maximum absolute atomic E-state index is 13.0. The molecule has 1 amide bonds. The molecule has 1 N–H and O–H groups in total. The van der Waals surface area contributed by atoms with Gasteiger partial charge in [0.2, 0.25) is 0 Å². The first-order chi connectivity index (χ1) is 13.7. The first-order valence-corrected chi connectivity index (χ1v) is 9.78. The minimum absolute atomic E-state index is 0.197. The monoisotopic (exact) mass is 387 g/mol. The lowest BCUT2D eigenvalue weighted by atomic mass is 10.1. The standard InChI is InChI=1S/C22H17N3O2S/c1-14-6-8-15(9-7-14)13-25-17-10-11-27-19(17)12-18(25)21(26)24-22-23-16-4-2-3-5-20(16)28-22/h2-12H,13H2,1H3,(H,23,24,26). The third kappa shape index (κ3) is 2.97. The summed E-state index contributed by atoms with van der Waals surface area (Å²) in [7, 11) is 0. The molecule has 0 aliphatic heterocycles. The van der Waals surface area contributed by atoms with Crippen molar-refractivity contribution in [3.05, 3.63) is 83.7 Å². The zero-order valence-electron chi connectivity index (χ0n) is 15.2. The van der Waals surface area contributed by atoms with Gasteiger partial charge in [-0.3, -0.25) is 10.1 Å². The van der Waals surface area contributed by atoms with E-state index in [-0.39, 0.29) is 5.91 Å². The third-order valence-electron chi connectivity index (χ3n) is 4.73. The zero-order valence-corrected chi connectivity index (χ0v) is 16.0. The maximum Gasteiger partial charge on any atom is 0.274 e. The number of hydrogen-bond acceptors (Lipinski definition) is 4. The second-order valence-electron chi connectivity index (χ2n) is 6.71. The van der Waals surface area contributed by atoms with Crippen molar-refractivity contribution in [2.45, 2.75) is 13.5 Å². The second kappa shape index (κ2) is 6.65. The van der Waals surface area contributed by atoms with Gasteiger partial charge in [0.1, 0.15) is 5.69 Å². The van der Waals surface area contributed by atoms with Crippen LogP contribution in [0.5, 0.6) is 0 Å². The number of carbonyl (C=O) groups excluding carboxylic acids is 1. The molecule has 0 saturated heterocycles. The number of thiazole rings is 1. The summed E-state index contributed by atoms with van der Waals surface area (Å²) in [5.74, 6) is -0.197. The molecule has 28 heavy (non-hydrogen) atoms. The van der Waals surface area contributed by atoms with Gasteiger partial charge in [-0.05, 0) is 24.6 Å². The van der Waals surface area contributed by atoms with E-state index < -0.39 is 0 Å². The van der Waals surface area contributed by atoms with Gasteiger partial charge in [-0.15, -0.1) is 0 Å². The van der Waals surface area contributed by atoms with E-state index in [9.17, 15) is 4.79 Å². The Labute approximate surface area is 165 Å². The minimum Gasteiger partial charge on any atom is -0.463 e. The topological polar surface area (TPSA) is 60.1 Å². The Morgan fingerprint density at radius 1 is 1.14 bits per heavy atom. The van der Waals surface area contributed by atoms with Crippen LogP contribution in [0.4, 0.5) is 5.13 Å². The molecular weight excluding hydrogens is 370 g/mol. The van der Waals surface area contributed by atoms with Crippen LogP contribution < -0.4 is 5.32 Å². The van der Waals surface area contributed by atoms with Crippen LogP contribution in [0.15, 0.2) is 71.3 Å². The number of nitrogens with zero attached hydrogens (tertiary/aromatic N) is 2. The maximum atomic E-state index is 13.0. The van der Waals surface area contributed by atoms with Gasteiger partial charge in [0.05, 0.1) is 22.0 Å². The molecule has 0 radical (unpaired) electrons. The summed E-state index contributed by atoms with van der Waals surface area (Å²) in [4.78, 5) is 17.5. The summed E-state index contributed by atoms with van der Waals surface area (Å²) in [6.45, 7) is 2.65. The van der Waals surface area contributed by atoms with Gasteiger partial charge in [0.15, 0.2) is 10.7 Å². The van der Waals surface area contributed by atoms with Gasteiger partial charge in [0, 0.05) is 18.7 Å². The van der Waals surface area contributed by atoms with Gasteiger partial charge >= 0.3 is 0 Å². The lowest BCUT2D eigenvalue weighted by Gasteiger charge is -2.10. The first-order valence-electron chi connectivity index (χ1n) is 8.96. The molecule has 0 bridgehead atoms. The molecule has 0 unspecified atom stereocenters. The highest BCUT2D eigenvalue weighted by Gasteiger charge is 2.19. The average Bonchev–Trinajstić information content (AvgIpc) is 3.38. The third-order valence-corrected chi connectivity index (χ3v) is 5.68. The number of para-hydroxylation sites is 1. The van der Waals surface area contributed by atoms with E-state index in [1.165, 1.54) is 16.9 Å². The summed E-state index contributed by atoms with van der Waals surface area (Å²) in [6, 6.07) is 19.8. The number of nitrogens with one attached hydrogen (secondary N) is 1. The van der Waals surface area contributed by atoms with Crippen LogP contribution in [-0.2, 0) is 6.54 Å². The van der Waals surface area contributed by atoms with Crippen molar-refractivity contribution in [3.8, 4) is 0 Å². The number of aryl methyl sites for hydroxylation is 1. The van der Waals surface area contributed by atoms with E-state index in [2.05, 4.69) is 41.5 Å². The number of carbonyl (C=O) groups is 1. The number of benzene rings is 2. The van der Waals surface area contributed by atoms with Gasteiger partial charge < -0.3 is 8.98 Å². The van der Waals surface area contributed by atoms with Crippen molar-refractivity contribution in [1.82, 2.24) is 9.55 Å². The van der Waals surface area contributed by atoms with Crippen LogP contribution in [0, 0.1) is 6.92 Å². The highest BCUT2D eigenvalue weighted by Crippen LogP contribution is 2.27. The number of amides is 1. The lowest BCUT2D eigenvalue weighted by Crippen LogP contribution is -2.17. The fraction of sp³-hybridized carbons (Fsp3) is 0.0909. The Morgan fingerprint density at radius 3 is 2.79 bits per heavy atom. The molecule has 5 aromatic rings. The Balaban J connectivity index is 1.49. The molecule has 0 atom stereocenters. The highest BCUT2D eigenvalue weighted by atomic mass is 32.1. The smallest absolute Gasteiger partial charge is 0.274 e. The van der Waals surface area contributed by atoms with E-state index in [1.807, 2.05) is 34.9 Å². The number of furan rings is 1. The van der Waals surface area contributed by atoms with Crippen molar-refractivity contribution in [1.29, 1.82) is 0 Å². The second-order valence-corrected chi connectivity index (χ2v) is 7.74. The number of anilines is 1.